The molecule has 5 heteroatoms. The topological polar surface area (TPSA) is 56.4 Å². The highest BCUT2D eigenvalue weighted by Crippen LogP contribution is 2.18. The van der Waals surface area contributed by atoms with E-state index < -0.39 is 0 Å². The molecule has 3 rings (SSSR count). The van der Waals surface area contributed by atoms with Gasteiger partial charge < -0.3 is 14.8 Å². The maximum Gasteiger partial charge on any atom is 0.255 e. The monoisotopic (exact) mass is 339 g/mol. The number of nitrogens with zero attached hydrogens (tertiary/aromatic N) is 2. The molecule has 1 N–H and O–H groups in total. The van der Waals surface area contributed by atoms with Gasteiger partial charge >= 0.3 is 0 Å². The molecule has 0 spiro atoms. The summed E-state index contributed by atoms with van der Waals surface area (Å²) in [5, 5.41) is 0. The molecule has 1 aliphatic rings. The fraction of sp³-hybridized carbons (Fsp3) is 0.400. The molecule has 5 nitrogen and oxygen atoms in total. The normalized spacial score (nSPS) is 14.7. The molecule has 2 heterocycles. The third kappa shape index (κ3) is 3.76. The minimum Gasteiger partial charge on any atom is -0.367 e. The quantitative estimate of drug-likeness (QED) is 0.934. The summed E-state index contributed by atoms with van der Waals surface area (Å²) in [6, 6.07) is 6.04. The second-order valence-corrected chi connectivity index (χ2v) is 6.83. The highest BCUT2D eigenvalue weighted by molar-refractivity contribution is 5.94. The van der Waals surface area contributed by atoms with Gasteiger partial charge in [-0.3, -0.25) is 9.59 Å². The van der Waals surface area contributed by atoms with Gasteiger partial charge in [0.05, 0.1) is 12.0 Å². The number of carbonyl (C=O) groups excluding carboxylic acids is 2. The van der Waals surface area contributed by atoms with Crippen molar-refractivity contribution in [1.82, 2.24) is 14.8 Å². The van der Waals surface area contributed by atoms with Gasteiger partial charge in [0.15, 0.2) is 0 Å². The SMILES string of the molecule is Cc1cc(C)c(CC(=O)N2CCN(C(=O)c3cc[nH]c3)CC2)c(C)c1. The first kappa shape index (κ1) is 17.3. The predicted molar refractivity (Wildman–Crippen MR) is 97.6 cm³/mol. The van der Waals surface area contributed by atoms with E-state index in [9.17, 15) is 9.59 Å². The van der Waals surface area contributed by atoms with Crippen LogP contribution in [-0.2, 0) is 11.2 Å². The van der Waals surface area contributed by atoms with Gasteiger partial charge in [0, 0.05) is 38.6 Å². The molecule has 1 aliphatic heterocycles. The highest BCUT2D eigenvalue weighted by atomic mass is 16.2. The third-order valence-corrected chi connectivity index (χ3v) is 4.93. The largest absolute Gasteiger partial charge is 0.367 e. The summed E-state index contributed by atoms with van der Waals surface area (Å²) >= 11 is 0. The van der Waals surface area contributed by atoms with Crippen molar-refractivity contribution in [3.05, 3.63) is 58.4 Å². The van der Waals surface area contributed by atoms with Crippen LogP contribution in [0.4, 0.5) is 0 Å². The first-order valence-corrected chi connectivity index (χ1v) is 8.72. The van der Waals surface area contributed by atoms with E-state index in [4.69, 9.17) is 0 Å². The van der Waals surface area contributed by atoms with Crippen molar-refractivity contribution in [2.75, 3.05) is 26.2 Å². The highest BCUT2D eigenvalue weighted by Gasteiger charge is 2.25. The van der Waals surface area contributed by atoms with E-state index in [0.29, 0.717) is 38.2 Å². The van der Waals surface area contributed by atoms with E-state index in [1.54, 1.807) is 18.5 Å². The summed E-state index contributed by atoms with van der Waals surface area (Å²) in [7, 11) is 0. The Balaban J connectivity index is 1.60. The van der Waals surface area contributed by atoms with Crippen LogP contribution in [0.5, 0.6) is 0 Å². The van der Waals surface area contributed by atoms with Crippen molar-refractivity contribution in [2.24, 2.45) is 0 Å². The Kier molecular flexibility index (Phi) is 4.93. The molecule has 1 saturated heterocycles. The van der Waals surface area contributed by atoms with Crippen LogP contribution in [-0.4, -0.2) is 52.8 Å². The van der Waals surface area contributed by atoms with Crippen LogP contribution < -0.4 is 0 Å². The molecule has 2 aromatic rings. The minimum absolute atomic E-state index is 0.0265. The number of hydrogen-bond donors (Lipinski definition) is 1. The summed E-state index contributed by atoms with van der Waals surface area (Å²) < 4.78 is 0. The fourth-order valence-electron chi connectivity index (χ4n) is 3.55. The summed E-state index contributed by atoms with van der Waals surface area (Å²) in [5.41, 5.74) is 5.37. The zero-order valence-electron chi connectivity index (χ0n) is 15.1. The third-order valence-electron chi connectivity index (χ3n) is 4.93. The Morgan fingerprint density at radius 2 is 1.60 bits per heavy atom. The summed E-state index contributed by atoms with van der Waals surface area (Å²) in [6.07, 6.45) is 3.89. The van der Waals surface area contributed by atoms with Crippen LogP contribution in [0.15, 0.2) is 30.6 Å². The molecule has 0 aliphatic carbocycles. The molecule has 25 heavy (non-hydrogen) atoms. The lowest BCUT2D eigenvalue weighted by Crippen LogP contribution is -2.51. The zero-order valence-corrected chi connectivity index (χ0v) is 15.1. The summed E-state index contributed by atoms with van der Waals surface area (Å²) in [4.78, 5) is 31.6. The number of aromatic nitrogens is 1. The van der Waals surface area contributed by atoms with Crippen molar-refractivity contribution in [1.29, 1.82) is 0 Å². The number of benzene rings is 1. The fourth-order valence-corrected chi connectivity index (χ4v) is 3.55. The second-order valence-electron chi connectivity index (χ2n) is 6.83. The van der Waals surface area contributed by atoms with E-state index in [-0.39, 0.29) is 11.8 Å². The molecule has 0 radical (unpaired) electrons. The van der Waals surface area contributed by atoms with Crippen molar-refractivity contribution in [3.63, 3.8) is 0 Å². The standard InChI is InChI=1S/C20H25N3O2/c1-14-10-15(2)18(16(3)11-14)12-19(24)22-6-8-23(9-7-22)20(25)17-4-5-21-13-17/h4-5,10-11,13,21H,6-9,12H2,1-3H3. The maximum atomic E-state index is 12.7. The first-order valence-electron chi connectivity index (χ1n) is 8.72. The van der Waals surface area contributed by atoms with Crippen LogP contribution in [0.3, 0.4) is 0 Å². The average molecular weight is 339 g/mol. The lowest BCUT2D eigenvalue weighted by Gasteiger charge is -2.35. The van der Waals surface area contributed by atoms with Crippen molar-refractivity contribution >= 4 is 11.8 Å². The Morgan fingerprint density at radius 1 is 1.00 bits per heavy atom. The molecule has 0 bridgehead atoms. The summed E-state index contributed by atoms with van der Waals surface area (Å²) in [6.45, 7) is 8.57. The minimum atomic E-state index is 0.0265. The Hall–Kier alpha value is -2.56. The van der Waals surface area contributed by atoms with Crippen molar-refractivity contribution < 1.29 is 9.59 Å². The van der Waals surface area contributed by atoms with Crippen molar-refractivity contribution in [2.45, 2.75) is 27.2 Å². The number of aromatic amines is 1. The van der Waals surface area contributed by atoms with Crippen molar-refractivity contribution in [3.8, 4) is 0 Å². The molecule has 2 amide bonds. The van der Waals surface area contributed by atoms with Crippen LogP contribution in [0.2, 0.25) is 0 Å². The van der Waals surface area contributed by atoms with E-state index in [0.717, 1.165) is 5.56 Å². The zero-order chi connectivity index (χ0) is 18.0. The molecule has 0 atom stereocenters. The number of piperazine rings is 1. The summed E-state index contributed by atoms with van der Waals surface area (Å²) in [5.74, 6) is 0.169. The van der Waals surface area contributed by atoms with Gasteiger partial charge in [-0.05, 0) is 43.5 Å². The van der Waals surface area contributed by atoms with Crippen LogP contribution in [0.25, 0.3) is 0 Å². The number of H-pyrrole nitrogens is 1. The molecule has 0 saturated carbocycles. The van der Waals surface area contributed by atoms with E-state index in [1.165, 1.54) is 16.7 Å². The average Bonchev–Trinajstić information content (AvgIpc) is 3.12. The molecule has 1 fully saturated rings. The van der Waals surface area contributed by atoms with Gasteiger partial charge in [-0.25, -0.2) is 0 Å². The van der Waals surface area contributed by atoms with Gasteiger partial charge in [0.25, 0.3) is 5.91 Å². The number of carbonyl (C=O) groups is 2. The van der Waals surface area contributed by atoms with Gasteiger partial charge in [0.1, 0.15) is 0 Å². The Labute approximate surface area is 148 Å². The Morgan fingerprint density at radius 3 is 2.16 bits per heavy atom. The molecule has 1 aromatic heterocycles. The predicted octanol–water partition coefficient (Wildman–Crippen LogP) is 2.47. The number of hydrogen-bond acceptors (Lipinski definition) is 2. The number of aryl methyl sites for hydroxylation is 3. The van der Waals surface area contributed by atoms with Gasteiger partial charge in [-0.1, -0.05) is 17.7 Å². The molecule has 1 aromatic carbocycles. The number of amides is 2. The Bertz CT molecular complexity index is 749. The lowest BCUT2D eigenvalue weighted by atomic mass is 9.97. The van der Waals surface area contributed by atoms with Crippen LogP contribution >= 0.6 is 0 Å². The van der Waals surface area contributed by atoms with Crippen LogP contribution in [0, 0.1) is 20.8 Å². The second kappa shape index (κ2) is 7.13. The maximum absolute atomic E-state index is 12.7. The van der Waals surface area contributed by atoms with Gasteiger partial charge in [-0.15, -0.1) is 0 Å². The van der Waals surface area contributed by atoms with Crippen LogP contribution in [0.1, 0.15) is 32.6 Å². The van der Waals surface area contributed by atoms with E-state index in [1.807, 2.05) is 9.80 Å². The van der Waals surface area contributed by atoms with E-state index >= 15 is 0 Å². The lowest BCUT2D eigenvalue weighted by molar-refractivity contribution is -0.131. The first-order chi connectivity index (χ1) is 12.0. The molecule has 0 unspecified atom stereocenters. The number of rotatable bonds is 3. The van der Waals surface area contributed by atoms with Gasteiger partial charge in [0.2, 0.25) is 5.91 Å². The van der Waals surface area contributed by atoms with E-state index in [2.05, 4.69) is 37.9 Å². The molecular formula is C20H25N3O2. The number of nitrogens with one attached hydrogen (secondary N) is 1. The van der Waals surface area contributed by atoms with Gasteiger partial charge in [-0.2, -0.15) is 0 Å². The molecule has 132 valence electrons. The smallest absolute Gasteiger partial charge is 0.255 e. The molecular weight excluding hydrogens is 314 g/mol.